The lowest BCUT2D eigenvalue weighted by Crippen LogP contribution is -2.41. The number of carbonyl (C=O) groups excluding carboxylic acids is 1. The predicted molar refractivity (Wildman–Crippen MR) is 122 cm³/mol. The van der Waals surface area contributed by atoms with Gasteiger partial charge >= 0.3 is 0 Å². The van der Waals surface area contributed by atoms with E-state index in [9.17, 15) is 13.2 Å². The highest BCUT2D eigenvalue weighted by molar-refractivity contribution is 7.89. The van der Waals surface area contributed by atoms with Crippen LogP contribution in [0.4, 0.5) is 0 Å². The van der Waals surface area contributed by atoms with Crippen LogP contribution in [0.1, 0.15) is 36.2 Å². The topological polar surface area (TPSA) is 66.9 Å². The Labute approximate surface area is 193 Å². The van der Waals surface area contributed by atoms with Crippen LogP contribution in [0, 0.1) is 0 Å². The van der Waals surface area contributed by atoms with Gasteiger partial charge in [-0.25, -0.2) is 8.42 Å². The third-order valence-electron chi connectivity index (χ3n) is 5.42. The fraction of sp³-hybridized carbons (Fsp3) is 0.409. The zero-order valence-electron chi connectivity index (χ0n) is 17.6. The summed E-state index contributed by atoms with van der Waals surface area (Å²) >= 11 is 12.6. The van der Waals surface area contributed by atoms with Gasteiger partial charge in [0.1, 0.15) is 4.90 Å². The van der Waals surface area contributed by atoms with Crippen LogP contribution in [0.5, 0.6) is 0 Å². The van der Waals surface area contributed by atoms with Crippen molar-refractivity contribution < 1.29 is 17.9 Å². The molecule has 1 atom stereocenters. The summed E-state index contributed by atoms with van der Waals surface area (Å²) in [6.45, 7) is 5.43. The molecule has 3 rings (SSSR count). The van der Waals surface area contributed by atoms with Crippen LogP contribution in [0.25, 0.3) is 0 Å². The molecule has 1 fully saturated rings. The van der Waals surface area contributed by atoms with Crippen molar-refractivity contribution in [3.63, 3.8) is 0 Å². The van der Waals surface area contributed by atoms with E-state index in [2.05, 4.69) is 0 Å². The van der Waals surface area contributed by atoms with Gasteiger partial charge in [0.25, 0.3) is 5.91 Å². The Balaban J connectivity index is 2.00. The number of amides is 1. The highest BCUT2D eigenvalue weighted by Gasteiger charge is 2.31. The molecule has 0 aliphatic carbocycles. The summed E-state index contributed by atoms with van der Waals surface area (Å²) in [5.41, 5.74) is 1.09. The molecule has 1 aliphatic heterocycles. The van der Waals surface area contributed by atoms with Gasteiger partial charge in [-0.05, 0) is 31.0 Å². The molecule has 0 aromatic heterocycles. The van der Waals surface area contributed by atoms with Crippen LogP contribution in [0.3, 0.4) is 0 Å². The maximum atomic E-state index is 13.5. The molecule has 31 heavy (non-hydrogen) atoms. The Bertz CT molecular complexity index is 1030. The van der Waals surface area contributed by atoms with Crippen LogP contribution in [-0.4, -0.2) is 55.9 Å². The summed E-state index contributed by atoms with van der Waals surface area (Å²) in [7, 11) is -3.88. The quantitative estimate of drug-likeness (QED) is 0.581. The molecule has 0 spiro atoms. The molecule has 2 aromatic carbocycles. The van der Waals surface area contributed by atoms with Gasteiger partial charge in [0.15, 0.2) is 0 Å². The van der Waals surface area contributed by atoms with Crippen LogP contribution < -0.4 is 0 Å². The fourth-order valence-corrected chi connectivity index (χ4v) is 5.64. The van der Waals surface area contributed by atoms with Gasteiger partial charge in [0, 0.05) is 25.7 Å². The molecule has 9 heteroatoms. The number of carbonyl (C=O) groups is 1. The first-order valence-corrected chi connectivity index (χ1v) is 12.4. The average molecular weight is 485 g/mol. The smallest absolute Gasteiger partial charge is 0.255 e. The molecular formula is C22H26Cl2N2O4S. The van der Waals surface area contributed by atoms with Crippen LogP contribution in [0.15, 0.2) is 47.4 Å². The normalized spacial score (nSPS) is 16.1. The maximum absolute atomic E-state index is 13.5. The third kappa shape index (κ3) is 5.41. The molecule has 6 nitrogen and oxygen atoms in total. The van der Waals surface area contributed by atoms with Crippen LogP contribution in [-0.2, 0) is 21.3 Å². The number of ether oxygens (including phenoxy) is 1. The number of benzene rings is 2. The molecule has 0 radical (unpaired) electrons. The molecule has 0 bridgehead atoms. The second-order valence-corrected chi connectivity index (χ2v) is 10.2. The number of rotatable bonds is 7. The molecular weight excluding hydrogens is 459 g/mol. The molecule has 1 heterocycles. The van der Waals surface area contributed by atoms with E-state index in [1.165, 1.54) is 16.4 Å². The predicted octanol–water partition coefficient (Wildman–Crippen LogP) is 4.46. The van der Waals surface area contributed by atoms with E-state index in [1.54, 1.807) is 4.90 Å². The lowest BCUT2D eigenvalue weighted by molar-refractivity contribution is 0.0671. The van der Waals surface area contributed by atoms with Gasteiger partial charge in [-0.1, -0.05) is 60.5 Å². The van der Waals surface area contributed by atoms with Gasteiger partial charge in [-0.3, -0.25) is 4.79 Å². The Morgan fingerprint density at radius 2 is 1.77 bits per heavy atom. The Hall–Kier alpha value is -1.64. The van der Waals surface area contributed by atoms with Crippen molar-refractivity contribution in [2.24, 2.45) is 0 Å². The minimum absolute atomic E-state index is 0.00816. The standard InChI is InChI=1S/C22H26Cl2N2O4S/c1-3-16(2)26(15-17-7-5-4-6-8-17)22(27)18-13-21(20(24)14-19(18)23)31(28,29)25-9-11-30-12-10-25/h4-8,13-14,16H,3,9-12,15H2,1-2H3. The van der Waals surface area contributed by atoms with Gasteiger partial charge in [0.2, 0.25) is 10.0 Å². The molecule has 1 saturated heterocycles. The summed E-state index contributed by atoms with van der Waals surface area (Å²) in [6.07, 6.45) is 0.739. The van der Waals surface area contributed by atoms with E-state index < -0.39 is 10.0 Å². The SMILES string of the molecule is CCC(C)N(Cc1ccccc1)C(=O)c1cc(S(=O)(=O)N2CCOCC2)c(Cl)cc1Cl. The Morgan fingerprint density at radius 1 is 1.13 bits per heavy atom. The van der Waals surface area contributed by atoms with E-state index in [-0.39, 0.29) is 45.5 Å². The molecule has 0 saturated carbocycles. The molecule has 1 amide bonds. The monoisotopic (exact) mass is 484 g/mol. The second-order valence-electron chi connectivity index (χ2n) is 7.45. The second kappa shape index (κ2) is 10.3. The highest BCUT2D eigenvalue weighted by atomic mass is 35.5. The molecule has 0 N–H and O–H groups in total. The number of sulfonamides is 1. The van der Waals surface area contributed by atoms with E-state index >= 15 is 0 Å². The van der Waals surface area contributed by atoms with Gasteiger partial charge < -0.3 is 9.64 Å². The largest absolute Gasteiger partial charge is 0.379 e. The van der Waals surface area contributed by atoms with Crippen molar-refractivity contribution in [3.8, 4) is 0 Å². The van der Waals surface area contributed by atoms with Crippen molar-refractivity contribution in [1.29, 1.82) is 0 Å². The molecule has 168 valence electrons. The van der Waals surface area contributed by atoms with Crippen molar-refractivity contribution >= 4 is 39.1 Å². The first kappa shape index (κ1) is 24.0. The highest BCUT2D eigenvalue weighted by Crippen LogP contribution is 2.32. The number of halogens is 2. The number of nitrogens with zero attached hydrogens (tertiary/aromatic N) is 2. The first-order chi connectivity index (χ1) is 14.8. The van der Waals surface area contributed by atoms with Crippen molar-refractivity contribution in [2.75, 3.05) is 26.3 Å². The van der Waals surface area contributed by atoms with E-state index in [0.717, 1.165) is 12.0 Å². The van der Waals surface area contributed by atoms with Crippen molar-refractivity contribution in [2.45, 2.75) is 37.8 Å². The summed E-state index contributed by atoms with van der Waals surface area (Å²) in [5.74, 6) is -0.335. The minimum atomic E-state index is -3.88. The average Bonchev–Trinajstić information content (AvgIpc) is 2.77. The van der Waals surface area contributed by atoms with Crippen LogP contribution in [0.2, 0.25) is 10.0 Å². The summed E-state index contributed by atoms with van der Waals surface area (Å²) in [4.78, 5) is 15.1. The lowest BCUT2D eigenvalue weighted by atomic mass is 10.1. The summed E-state index contributed by atoms with van der Waals surface area (Å²) in [6, 6.07) is 12.2. The zero-order chi connectivity index (χ0) is 22.6. The summed E-state index contributed by atoms with van der Waals surface area (Å²) < 4.78 is 32.9. The number of hydrogen-bond donors (Lipinski definition) is 0. The van der Waals surface area contributed by atoms with Crippen LogP contribution >= 0.6 is 23.2 Å². The van der Waals surface area contributed by atoms with Gasteiger partial charge in [0.05, 0.1) is 28.8 Å². The summed E-state index contributed by atoms with van der Waals surface area (Å²) in [5, 5.41) is 0.114. The van der Waals surface area contributed by atoms with E-state index in [0.29, 0.717) is 19.8 Å². The Morgan fingerprint density at radius 3 is 2.39 bits per heavy atom. The van der Waals surface area contributed by atoms with Crippen molar-refractivity contribution in [3.05, 3.63) is 63.6 Å². The zero-order valence-corrected chi connectivity index (χ0v) is 19.9. The van der Waals surface area contributed by atoms with Gasteiger partial charge in [-0.15, -0.1) is 0 Å². The molecule has 2 aromatic rings. The number of hydrogen-bond acceptors (Lipinski definition) is 4. The van der Waals surface area contributed by atoms with Gasteiger partial charge in [-0.2, -0.15) is 4.31 Å². The fourth-order valence-electron chi connectivity index (χ4n) is 3.40. The molecule has 1 unspecified atom stereocenters. The molecule has 1 aliphatic rings. The minimum Gasteiger partial charge on any atom is -0.379 e. The van der Waals surface area contributed by atoms with E-state index in [4.69, 9.17) is 27.9 Å². The Kier molecular flexibility index (Phi) is 7.99. The van der Waals surface area contributed by atoms with Crippen molar-refractivity contribution in [1.82, 2.24) is 9.21 Å². The number of morpholine rings is 1. The lowest BCUT2D eigenvalue weighted by Gasteiger charge is -2.30. The maximum Gasteiger partial charge on any atom is 0.255 e. The third-order valence-corrected chi connectivity index (χ3v) is 8.10. The van der Waals surface area contributed by atoms with E-state index in [1.807, 2.05) is 44.2 Å². The first-order valence-electron chi connectivity index (χ1n) is 10.2.